The number of rotatable bonds is 4. The highest BCUT2D eigenvalue weighted by Crippen LogP contribution is 2.27. The highest BCUT2D eigenvalue weighted by molar-refractivity contribution is 5.94. The quantitative estimate of drug-likeness (QED) is 0.942. The number of aryl methyl sites for hydroxylation is 1. The number of nitrogens with zero attached hydrogens (tertiary/aromatic N) is 2. The first-order chi connectivity index (χ1) is 9.80. The van der Waals surface area contributed by atoms with E-state index in [0.717, 1.165) is 12.1 Å². The normalized spacial score (nSPS) is 11.4. The first kappa shape index (κ1) is 14.9. The van der Waals surface area contributed by atoms with Gasteiger partial charge in [-0.1, -0.05) is 0 Å². The average Bonchev–Trinajstić information content (AvgIpc) is 2.82. The van der Waals surface area contributed by atoms with Crippen molar-refractivity contribution in [3.8, 4) is 17.0 Å². The molecule has 0 radical (unpaired) electrons. The van der Waals surface area contributed by atoms with E-state index in [2.05, 4.69) is 9.84 Å². The van der Waals surface area contributed by atoms with Crippen LogP contribution >= 0.6 is 0 Å². The van der Waals surface area contributed by atoms with Crippen LogP contribution in [0.5, 0.6) is 5.75 Å². The standard InChI is InChI=1S/C13H11F3N2O3/c1-2-18-7-10(12(19)20)11(17-18)8-3-5-9(6-4-8)21-13(14,15)16/h3-7H,2H2,1H3,(H,19,20). The molecule has 1 N–H and O–H groups in total. The molecule has 2 rings (SSSR count). The summed E-state index contributed by atoms with van der Waals surface area (Å²) in [4.78, 5) is 11.2. The lowest BCUT2D eigenvalue weighted by Crippen LogP contribution is -2.16. The smallest absolute Gasteiger partial charge is 0.478 e. The molecule has 8 heteroatoms. The summed E-state index contributed by atoms with van der Waals surface area (Å²) in [6.07, 6.45) is -3.39. The van der Waals surface area contributed by atoms with Crippen LogP contribution in [0.1, 0.15) is 17.3 Å². The van der Waals surface area contributed by atoms with Gasteiger partial charge < -0.3 is 9.84 Å². The maximum Gasteiger partial charge on any atom is 0.573 e. The minimum atomic E-state index is -4.77. The van der Waals surface area contributed by atoms with Crippen molar-refractivity contribution in [3.05, 3.63) is 36.0 Å². The number of carbonyl (C=O) groups is 1. The molecule has 0 aliphatic carbocycles. The van der Waals surface area contributed by atoms with Crippen molar-refractivity contribution in [3.63, 3.8) is 0 Å². The Morgan fingerprint density at radius 1 is 1.33 bits per heavy atom. The highest BCUT2D eigenvalue weighted by Gasteiger charge is 2.31. The van der Waals surface area contributed by atoms with Crippen molar-refractivity contribution >= 4 is 5.97 Å². The summed E-state index contributed by atoms with van der Waals surface area (Å²) in [6, 6.07) is 4.88. The summed E-state index contributed by atoms with van der Waals surface area (Å²) in [5.41, 5.74) is 0.582. The van der Waals surface area contributed by atoms with Crippen LogP contribution < -0.4 is 4.74 Å². The van der Waals surface area contributed by atoms with Crippen LogP contribution in [0.4, 0.5) is 13.2 Å². The van der Waals surface area contributed by atoms with Crippen LogP contribution in [0.25, 0.3) is 11.3 Å². The van der Waals surface area contributed by atoms with E-state index < -0.39 is 12.3 Å². The van der Waals surface area contributed by atoms with E-state index in [0.29, 0.717) is 12.1 Å². The lowest BCUT2D eigenvalue weighted by atomic mass is 10.1. The van der Waals surface area contributed by atoms with Gasteiger partial charge in [0.1, 0.15) is 17.0 Å². The lowest BCUT2D eigenvalue weighted by Gasteiger charge is -2.08. The van der Waals surface area contributed by atoms with Crippen LogP contribution in [-0.4, -0.2) is 27.2 Å². The van der Waals surface area contributed by atoms with E-state index in [1.165, 1.54) is 23.0 Å². The third kappa shape index (κ3) is 3.53. The van der Waals surface area contributed by atoms with Crippen LogP contribution in [0, 0.1) is 0 Å². The fourth-order valence-electron chi connectivity index (χ4n) is 1.77. The fraction of sp³-hybridized carbons (Fsp3) is 0.231. The summed E-state index contributed by atoms with van der Waals surface area (Å²) >= 11 is 0. The molecule has 0 amide bonds. The monoisotopic (exact) mass is 300 g/mol. The SMILES string of the molecule is CCn1cc(C(=O)O)c(-c2ccc(OC(F)(F)F)cc2)n1. The van der Waals surface area contributed by atoms with Gasteiger partial charge in [-0.25, -0.2) is 4.79 Å². The fourth-order valence-corrected chi connectivity index (χ4v) is 1.77. The predicted octanol–water partition coefficient (Wildman–Crippen LogP) is 3.17. The number of carboxylic acid groups (broad SMARTS) is 1. The van der Waals surface area contributed by atoms with Crippen molar-refractivity contribution in [2.45, 2.75) is 19.8 Å². The number of hydrogen-bond acceptors (Lipinski definition) is 3. The maximum atomic E-state index is 12.1. The van der Waals surface area contributed by atoms with Crippen molar-refractivity contribution in [2.75, 3.05) is 0 Å². The molecule has 1 aromatic heterocycles. The zero-order valence-electron chi connectivity index (χ0n) is 10.9. The predicted molar refractivity (Wildman–Crippen MR) is 67.0 cm³/mol. The van der Waals surface area contributed by atoms with Crippen LogP contribution in [-0.2, 0) is 6.54 Å². The van der Waals surface area contributed by atoms with E-state index in [9.17, 15) is 18.0 Å². The molecule has 0 aliphatic heterocycles. The molecule has 0 saturated heterocycles. The van der Waals surface area contributed by atoms with Crippen molar-refractivity contribution in [1.82, 2.24) is 9.78 Å². The molecule has 1 heterocycles. The molecule has 112 valence electrons. The Labute approximate surface area is 117 Å². The first-order valence-corrected chi connectivity index (χ1v) is 5.97. The van der Waals surface area contributed by atoms with Gasteiger partial charge in [-0.15, -0.1) is 13.2 Å². The number of benzene rings is 1. The third-order valence-corrected chi connectivity index (χ3v) is 2.68. The van der Waals surface area contributed by atoms with Crippen molar-refractivity contribution < 1.29 is 27.8 Å². The topological polar surface area (TPSA) is 64.4 Å². The number of halogens is 3. The van der Waals surface area contributed by atoms with Gasteiger partial charge in [0.15, 0.2) is 0 Å². The van der Waals surface area contributed by atoms with Gasteiger partial charge in [-0.05, 0) is 31.2 Å². The Hall–Kier alpha value is -2.51. The molecule has 0 fully saturated rings. The van der Waals surface area contributed by atoms with E-state index >= 15 is 0 Å². The molecule has 0 unspecified atom stereocenters. The maximum absolute atomic E-state index is 12.1. The number of ether oxygens (including phenoxy) is 1. The molecule has 21 heavy (non-hydrogen) atoms. The average molecular weight is 300 g/mol. The van der Waals surface area contributed by atoms with E-state index in [1.807, 2.05) is 0 Å². The number of aromatic carboxylic acids is 1. The van der Waals surface area contributed by atoms with Gasteiger partial charge in [0.25, 0.3) is 0 Å². The van der Waals surface area contributed by atoms with Crippen molar-refractivity contribution in [1.29, 1.82) is 0 Å². The summed E-state index contributed by atoms with van der Waals surface area (Å²) < 4.78 is 41.4. The molecule has 1 aromatic carbocycles. The molecule has 2 aromatic rings. The Bertz CT molecular complexity index is 648. The second-order valence-electron chi connectivity index (χ2n) is 4.12. The van der Waals surface area contributed by atoms with Crippen molar-refractivity contribution in [2.24, 2.45) is 0 Å². The Kier molecular flexibility index (Phi) is 3.88. The summed E-state index contributed by atoms with van der Waals surface area (Å²) in [5.74, 6) is -1.53. The van der Waals surface area contributed by atoms with Gasteiger partial charge >= 0.3 is 12.3 Å². The molecule has 5 nitrogen and oxygen atoms in total. The zero-order valence-corrected chi connectivity index (χ0v) is 10.9. The largest absolute Gasteiger partial charge is 0.573 e. The number of hydrogen-bond donors (Lipinski definition) is 1. The van der Waals surface area contributed by atoms with Crippen LogP contribution in [0.2, 0.25) is 0 Å². The van der Waals surface area contributed by atoms with E-state index in [1.54, 1.807) is 6.92 Å². The second-order valence-corrected chi connectivity index (χ2v) is 4.12. The summed E-state index contributed by atoms with van der Waals surface area (Å²) in [7, 11) is 0. The number of carboxylic acids is 1. The summed E-state index contributed by atoms with van der Waals surface area (Å²) in [5, 5.41) is 13.2. The minimum absolute atomic E-state index is 0.0126. The number of alkyl halides is 3. The Balaban J connectivity index is 2.34. The number of aromatic nitrogens is 2. The molecule has 0 bridgehead atoms. The molecule has 0 aliphatic rings. The van der Waals surface area contributed by atoms with Crippen LogP contribution in [0.15, 0.2) is 30.5 Å². The van der Waals surface area contributed by atoms with E-state index in [4.69, 9.17) is 5.11 Å². The second kappa shape index (κ2) is 5.47. The molecule has 0 saturated carbocycles. The molecular weight excluding hydrogens is 289 g/mol. The summed E-state index contributed by atoms with van der Waals surface area (Å²) in [6.45, 7) is 2.28. The van der Waals surface area contributed by atoms with Gasteiger partial charge in [-0.2, -0.15) is 5.10 Å². The van der Waals surface area contributed by atoms with E-state index in [-0.39, 0.29) is 17.0 Å². The van der Waals surface area contributed by atoms with Gasteiger partial charge in [0.2, 0.25) is 0 Å². The third-order valence-electron chi connectivity index (χ3n) is 2.68. The van der Waals surface area contributed by atoms with Gasteiger partial charge in [0.05, 0.1) is 0 Å². The molecule has 0 spiro atoms. The first-order valence-electron chi connectivity index (χ1n) is 5.97. The Morgan fingerprint density at radius 3 is 2.43 bits per heavy atom. The Morgan fingerprint density at radius 2 is 1.95 bits per heavy atom. The lowest BCUT2D eigenvalue weighted by molar-refractivity contribution is -0.274. The zero-order chi connectivity index (χ0) is 15.6. The highest BCUT2D eigenvalue weighted by atomic mass is 19.4. The molecule has 0 atom stereocenters. The van der Waals surface area contributed by atoms with Gasteiger partial charge in [-0.3, -0.25) is 4.68 Å². The minimum Gasteiger partial charge on any atom is -0.478 e. The van der Waals surface area contributed by atoms with Gasteiger partial charge in [0, 0.05) is 18.3 Å². The van der Waals surface area contributed by atoms with Crippen LogP contribution in [0.3, 0.4) is 0 Å². The molecular formula is C13H11F3N2O3.